The Morgan fingerprint density at radius 1 is 0.794 bits per heavy atom. The maximum Gasteiger partial charge on any atom is 0.250 e. The van der Waals surface area contributed by atoms with Crippen LogP contribution in [0.25, 0.3) is 22.5 Å². The lowest BCUT2D eigenvalue weighted by molar-refractivity contribution is -0.0307. The zero-order valence-electron chi connectivity index (χ0n) is 19.4. The van der Waals surface area contributed by atoms with Gasteiger partial charge in [0, 0.05) is 24.2 Å². The van der Waals surface area contributed by atoms with E-state index in [0.29, 0.717) is 5.95 Å². The van der Waals surface area contributed by atoms with Crippen LogP contribution in [0.1, 0.15) is 32.1 Å². The second-order valence-corrected chi connectivity index (χ2v) is 9.28. The molecule has 3 aliphatic rings. The molecule has 0 amide bonds. The summed E-state index contributed by atoms with van der Waals surface area (Å²) in [6.07, 6.45) is 5.61. The zero-order chi connectivity index (χ0) is 22.8. The molecule has 34 heavy (non-hydrogen) atoms. The number of aromatic nitrogens is 2. The normalized spacial score (nSPS) is 25.2. The molecule has 174 valence electrons. The molecule has 3 heterocycles. The molecule has 0 spiro atoms. The average Bonchev–Trinajstić information content (AvgIpc) is 3.15. The van der Waals surface area contributed by atoms with Gasteiger partial charge in [-0.1, -0.05) is 78.7 Å². The summed E-state index contributed by atoms with van der Waals surface area (Å²) in [7, 11) is 0. The molecule has 0 radical (unpaired) electrons. The van der Waals surface area contributed by atoms with E-state index in [9.17, 15) is 0 Å². The molecule has 2 unspecified atom stereocenters. The van der Waals surface area contributed by atoms with E-state index >= 15 is 0 Å². The molecule has 2 aliphatic heterocycles. The molecule has 6 rings (SSSR count). The standard InChI is InChI=1S/C27H30N6O/c1-4-10-21(11-5-1)23-20-24(22-12-6-2-7-13-22)29-26(28-23)33-27(32-16-18-34-19-17-32)15-9-3-8-14-25(27)30-31-33/h1-2,4-7,10-13,20,25H,3,8-9,14-19H2. The molecule has 7 heteroatoms. The number of ether oxygens (including phenoxy) is 1. The van der Waals surface area contributed by atoms with Crippen molar-refractivity contribution in [2.45, 2.75) is 43.8 Å². The zero-order valence-corrected chi connectivity index (χ0v) is 19.4. The van der Waals surface area contributed by atoms with Crippen LogP contribution in [0.2, 0.25) is 0 Å². The summed E-state index contributed by atoms with van der Waals surface area (Å²) in [5.74, 6) is 0.625. The van der Waals surface area contributed by atoms with Crippen LogP contribution in [0.15, 0.2) is 77.1 Å². The summed E-state index contributed by atoms with van der Waals surface area (Å²) in [6, 6.07) is 22.8. The van der Waals surface area contributed by atoms with Gasteiger partial charge in [0.1, 0.15) is 11.7 Å². The van der Waals surface area contributed by atoms with Crippen molar-refractivity contribution in [3.05, 3.63) is 66.7 Å². The fraction of sp³-hybridized carbons (Fsp3) is 0.407. The van der Waals surface area contributed by atoms with E-state index in [1.54, 1.807) is 0 Å². The fourth-order valence-corrected chi connectivity index (χ4v) is 5.60. The summed E-state index contributed by atoms with van der Waals surface area (Å²) in [5.41, 5.74) is 3.60. The van der Waals surface area contributed by atoms with Gasteiger partial charge in [0.25, 0.3) is 5.95 Å². The monoisotopic (exact) mass is 454 g/mol. The van der Waals surface area contributed by atoms with Gasteiger partial charge in [0.05, 0.1) is 24.6 Å². The van der Waals surface area contributed by atoms with Gasteiger partial charge in [-0.3, -0.25) is 4.90 Å². The summed E-state index contributed by atoms with van der Waals surface area (Å²) in [6.45, 7) is 3.23. The molecular formula is C27H30N6O. The number of anilines is 1. The summed E-state index contributed by atoms with van der Waals surface area (Å²) in [5, 5.41) is 11.6. The van der Waals surface area contributed by atoms with Crippen molar-refractivity contribution in [2.24, 2.45) is 10.3 Å². The van der Waals surface area contributed by atoms with Gasteiger partial charge in [0.2, 0.25) is 0 Å². The van der Waals surface area contributed by atoms with Gasteiger partial charge in [-0.25, -0.2) is 9.97 Å². The third-order valence-corrected chi connectivity index (χ3v) is 7.30. The van der Waals surface area contributed by atoms with Crippen molar-refractivity contribution in [1.82, 2.24) is 14.9 Å². The molecule has 1 aliphatic carbocycles. The predicted molar refractivity (Wildman–Crippen MR) is 132 cm³/mol. The summed E-state index contributed by atoms with van der Waals surface area (Å²) >= 11 is 0. The van der Waals surface area contributed by atoms with E-state index < -0.39 is 0 Å². The highest BCUT2D eigenvalue weighted by atomic mass is 16.5. The molecule has 3 aromatic rings. The first-order valence-electron chi connectivity index (χ1n) is 12.4. The number of rotatable bonds is 4. The number of fused-ring (bicyclic) bond motifs is 1. The van der Waals surface area contributed by atoms with Crippen LogP contribution in [-0.2, 0) is 4.74 Å². The van der Waals surface area contributed by atoms with Crippen molar-refractivity contribution < 1.29 is 4.74 Å². The molecule has 1 saturated heterocycles. The number of nitrogens with zero attached hydrogens (tertiary/aromatic N) is 6. The van der Waals surface area contributed by atoms with Crippen LogP contribution in [0.4, 0.5) is 5.95 Å². The van der Waals surface area contributed by atoms with Crippen LogP contribution in [0, 0.1) is 0 Å². The maximum atomic E-state index is 5.71. The van der Waals surface area contributed by atoms with Crippen molar-refractivity contribution in [2.75, 3.05) is 31.3 Å². The fourth-order valence-electron chi connectivity index (χ4n) is 5.60. The summed E-state index contributed by atoms with van der Waals surface area (Å²) < 4.78 is 5.71. The van der Waals surface area contributed by atoms with Gasteiger partial charge < -0.3 is 4.74 Å². The van der Waals surface area contributed by atoms with E-state index in [-0.39, 0.29) is 11.7 Å². The number of morpholine rings is 1. The molecule has 2 fully saturated rings. The molecule has 0 bridgehead atoms. The van der Waals surface area contributed by atoms with E-state index in [4.69, 9.17) is 25.0 Å². The number of hydrogen-bond acceptors (Lipinski definition) is 7. The Hall–Kier alpha value is -3.16. The second-order valence-electron chi connectivity index (χ2n) is 9.28. The minimum absolute atomic E-state index is 0.122. The van der Waals surface area contributed by atoms with Crippen LogP contribution >= 0.6 is 0 Å². The molecule has 0 N–H and O–H groups in total. The molecule has 2 aromatic carbocycles. The number of benzene rings is 2. The minimum atomic E-state index is -0.330. The van der Waals surface area contributed by atoms with E-state index in [2.05, 4.69) is 35.2 Å². The topological polar surface area (TPSA) is 66.2 Å². The Labute approximate surface area is 200 Å². The van der Waals surface area contributed by atoms with Gasteiger partial charge in [-0.05, 0) is 25.3 Å². The van der Waals surface area contributed by atoms with Gasteiger partial charge >= 0.3 is 0 Å². The Morgan fingerprint density at radius 3 is 2.09 bits per heavy atom. The van der Waals surface area contributed by atoms with Crippen LogP contribution < -0.4 is 5.01 Å². The first-order valence-corrected chi connectivity index (χ1v) is 12.4. The average molecular weight is 455 g/mol. The Bertz CT molecular complexity index is 1090. The highest BCUT2D eigenvalue weighted by Gasteiger charge is 2.55. The Morgan fingerprint density at radius 2 is 1.44 bits per heavy atom. The SMILES string of the molecule is c1ccc(-c2cc(-c3ccccc3)nc(N3N=NC4CCCCCC43N3CCOCC3)n2)cc1. The first-order chi connectivity index (χ1) is 16.8. The van der Waals surface area contributed by atoms with E-state index in [1.165, 1.54) is 12.8 Å². The van der Waals surface area contributed by atoms with Gasteiger partial charge in [-0.15, -0.1) is 0 Å². The van der Waals surface area contributed by atoms with Crippen LogP contribution in [0.3, 0.4) is 0 Å². The number of hydrogen-bond donors (Lipinski definition) is 0. The molecular weight excluding hydrogens is 424 g/mol. The van der Waals surface area contributed by atoms with E-state index in [0.717, 1.165) is 68.1 Å². The molecule has 2 atom stereocenters. The second kappa shape index (κ2) is 9.24. The highest BCUT2D eigenvalue weighted by Crippen LogP contribution is 2.44. The third kappa shape index (κ3) is 3.79. The molecule has 1 aromatic heterocycles. The van der Waals surface area contributed by atoms with Crippen LogP contribution in [-0.4, -0.2) is 52.9 Å². The van der Waals surface area contributed by atoms with E-state index in [1.807, 2.05) is 41.4 Å². The maximum absolute atomic E-state index is 5.71. The van der Waals surface area contributed by atoms with Crippen molar-refractivity contribution in [3.63, 3.8) is 0 Å². The third-order valence-electron chi connectivity index (χ3n) is 7.30. The predicted octanol–water partition coefficient (Wildman–Crippen LogP) is 5.36. The quantitative estimate of drug-likeness (QED) is 0.531. The summed E-state index contributed by atoms with van der Waals surface area (Å²) in [4.78, 5) is 12.7. The van der Waals surface area contributed by atoms with Crippen molar-refractivity contribution in [1.29, 1.82) is 0 Å². The van der Waals surface area contributed by atoms with Gasteiger partial charge in [0.15, 0.2) is 0 Å². The largest absolute Gasteiger partial charge is 0.379 e. The highest BCUT2D eigenvalue weighted by molar-refractivity contribution is 5.69. The lowest BCUT2D eigenvalue weighted by Gasteiger charge is -2.48. The molecule has 7 nitrogen and oxygen atoms in total. The Balaban J connectivity index is 1.50. The van der Waals surface area contributed by atoms with Crippen LogP contribution in [0.5, 0.6) is 0 Å². The first kappa shape index (κ1) is 21.4. The minimum Gasteiger partial charge on any atom is -0.379 e. The smallest absolute Gasteiger partial charge is 0.250 e. The van der Waals surface area contributed by atoms with Gasteiger partial charge in [-0.2, -0.15) is 10.1 Å². The Kier molecular flexibility index (Phi) is 5.81. The lowest BCUT2D eigenvalue weighted by atomic mass is 9.92. The molecule has 1 saturated carbocycles. The van der Waals surface area contributed by atoms with Crippen molar-refractivity contribution >= 4 is 5.95 Å². The van der Waals surface area contributed by atoms with Crippen molar-refractivity contribution in [3.8, 4) is 22.5 Å². The lowest BCUT2D eigenvalue weighted by Crippen LogP contribution is -2.65.